The van der Waals surface area contributed by atoms with Crippen molar-refractivity contribution in [2.45, 2.75) is 25.4 Å². The molecule has 0 bridgehead atoms. The van der Waals surface area contributed by atoms with Crippen molar-refractivity contribution in [3.8, 4) is 11.3 Å². The molecule has 9 heteroatoms. The van der Waals surface area contributed by atoms with Gasteiger partial charge in [0.25, 0.3) is 0 Å². The number of benzene rings is 2. The molecular weight excluding hydrogens is 512 g/mol. The van der Waals surface area contributed by atoms with Crippen LogP contribution in [0.2, 0.25) is 0 Å². The van der Waals surface area contributed by atoms with Crippen molar-refractivity contribution in [1.82, 2.24) is 15.2 Å². The largest absolute Gasteiger partial charge is 0.465 e. The van der Waals surface area contributed by atoms with Crippen molar-refractivity contribution in [3.63, 3.8) is 0 Å². The number of hydrogen-bond donors (Lipinski definition) is 2. The first-order chi connectivity index (χ1) is 18.9. The van der Waals surface area contributed by atoms with Crippen LogP contribution in [0.4, 0.5) is 5.69 Å². The molecule has 8 nitrogen and oxygen atoms in total. The fraction of sp³-hybridized carbons (Fsp3) is 0.200. The molecule has 5 rings (SSSR count). The fourth-order valence-corrected chi connectivity index (χ4v) is 4.95. The Labute approximate surface area is 232 Å². The molecule has 0 radical (unpaired) electrons. The summed E-state index contributed by atoms with van der Waals surface area (Å²) in [5.41, 5.74) is 3.86. The zero-order chi connectivity index (χ0) is 27.4. The molecule has 0 aliphatic carbocycles. The number of nitrogens with one attached hydrogen (secondary N) is 2. The number of nitrogens with zero attached hydrogens (tertiary/aromatic N) is 2. The Balaban J connectivity index is 1.40. The minimum atomic E-state index is -0.417. The summed E-state index contributed by atoms with van der Waals surface area (Å²) in [6.07, 6.45) is 1.97. The highest BCUT2D eigenvalue weighted by molar-refractivity contribution is 7.80. The summed E-state index contributed by atoms with van der Waals surface area (Å²) in [6, 6.07) is 23.6. The second-order valence-electron chi connectivity index (χ2n) is 9.26. The molecule has 1 fully saturated rings. The third-order valence-electron chi connectivity index (χ3n) is 6.60. The highest BCUT2D eigenvalue weighted by Crippen LogP contribution is 2.40. The number of aromatic nitrogens is 1. The van der Waals surface area contributed by atoms with Gasteiger partial charge in [-0.25, -0.2) is 4.79 Å². The van der Waals surface area contributed by atoms with Gasteiger partial charge in [0.2, 0.25) is 5.91 Å². The Hall–Kier alpha value is -4.50. The maximum absolute atomic E-state index is 12.8. The van der Waals surface area contributed by atoms with Crippen LogP contribution >= 0.6 is 12.2 Å². The van der Waals surface area contributed by atoms with Crippen LogP contribution in [-0.2, 0) is 9.53 Å². The average molecular weight is 541 g/mol. The molecule has 2 aromatic heterocycles. The number of carbonyl (C=O) groups is 2. The van der Waals surface area contributed by atoms with Crippen LogP contribution in [0.1, 0.15) is 45.9 Å². The fourth-order valence-electron chi connectivity index (χ4n) is 4.62. The first-order valence-corrected chi connectivity index (χ1v) is 13.0. The van der Waals surface area contributed by atoms with Crippen LogP contribution in [0.3, 0.4) is 0 Å². The smallest absolute Gasteiger partial charge is 0.337 e. The maximum Gasteiger partial charge on any atom is 0.337 e. The third kappa shape index (κ3) is 5.83. The Bertz CT molecular complexity index is 1490. The monoisotopic (exact) mass is 540 g/mol. The molecule has 0 saturated carbocycles. The lowest BCUT2D eigenvalue weighted by Crippen LogP contribution is -2.32. The van der Waals surface area contributed by atoms with Crippen molar-refractivity contribution in [1.29, 1.82) is 0 Å². The standard InChI is InChI=1S/C30H28N4O4S/c1-19-9-11-22(12-10-19)32-26(35)15-17-34-28(27(33-30(34)39)23-8-3-4-16-31-23)25-14-13-24(38-25)20-6-5-7-21(18-20)29(36)37-2/h3-14,16,18,27-28H,15,17H2,1-2H3,(H,32,35)(H,33,39)/t27-,28-/m1/s1. The predicted molar refractivity (Wildman–Crippen MR) is 152 cm³/mol. The van der Waals surface area contributed by atoms with Crippen molar-refractivity contribution in [3.05, 3.63) is 108 Å². The Kier molecular flexibility index (Phi) is 7.69. The van der Waals surface area contributed by atoms with Crippen molar-refractivity contribution in [2.24, 2.45) is 0 Å². The molecule has 3 heterocycles. The van der Waals surface area contributed by atoms with Crippen LogP contribution in [0.25, 0.3) is 11.3 Å². The molecular formula is C30H28N4O4S. The minimum absolute atomic E-state index is 0.110. The summed E-state index contributed by atoms with van der Waals surface area (Å²) in [6.45, 7) is 2.38. The molecule has 0 spiro atoms. The highest BCUT2D eigenvalue weighted by atomic mass is 32.1. The first kappa shape index (κ1) is 26.1. The van der Waals surface area contributed by atoms with Crippen LogP contribution < -0.4 is 10.6 Å². The van der Waals surface area contributed by atoms with Gasteiger partial charge in [-0.15, -0.1) is 0 Å². The topological polar surface area (TPSA) is 96.7 Å². The molecule has 39 heavy (non-hydrogen) atoms. The van der Waals surface area contributed by atoms with E-state index in [2.05, 4.69) is 15.6 Å². The number of esters is 1. The molecule has 4 aromatic rings. The molecule has 1 aliphatic heterocycles. The number of ether oxygens (including phenoxy) is 1. The molecule has 0 unspecified atom stereocenters. The highest BCUT2D eigenvalue weighted by Gasteiger charge is 2.41. The van der Waals surface area contributed by atoms with Crippen LogP contribution in [0, 0.1) is 6.92 Å². The number of hydrogen-bond acceptors (Lipinski definition) is 6. The molecule has 2 N–H and O–H groups in total. The normalized spacial score (nSPS) is 16.6. The first-order valence-electron chi connectivity index (χ1n) is 12.6. The number of rotatable bonds is 8. The van der Waals surface area contributed by atoms with Gasteiger partial charge in [-0.2, -0.15) is 0 Å². The zero-order valence-corrected chi connectivity index (χ0v) is 22.4. The SMILES string of the molecule is COC(=O)c1cccc(-c2ccc([C@@H]3[C@@H](c4ccccn4)NC(=S)N3CCC(=O)Nc3ccc(C)cc3)o2)c1. The second kappa shape index (κ2) is 11.5. The zero-order valence-electron chi connectivity index (χ0n) is 21.6. The van der Waals surface area contributed by atoms with Gasteiger partial charge >= 0.3 is 5.97 Å². The Morgan fingerprint density at radius 3 is 2.64 bits per heavy atom. The van der Waals surface area contributed by atoms with Gasteiger partial charge in [0.1, 0.15) is 17.6 Å². The van der Waals surface area contributed by atoms with E-state index in [-0.39, 0.29) is 24.4 Å². The summed E-state index contributed by atoms with van der Waals surface area (Å²) in [7, 11) is 1.35. The summed E-state index contributed by atoms with van der Waals surface area (Å²) in [4.78, 5) is 31.3. The van der Waals surface area contributed by atoms with Gasteiger partial charge in [-0.05, 0) is 67.7 Å². The molecule has 2 atom stereocenters. The molecule has 1 aliphatic rings. The number of methoxy groups -OCH3 is 1. The van der Waals surface area contributed by atoms with Crippen LogP contribution in [0.15, 0.2) is 89.5 Å². The van der Waals surface area contributed by atoms with E-state index in [0.29, 0.717) is 28.7 Å². The van der Waals surface area contributed by atoms with E-state index in [1.807, 2.05) is 72.5 Å². The molecule has 198 valence electrons. The number of amides is 1. The molecule has 1 amide bonds. The van der Waals surface area contributed by atoms with Crippen LogP contribution in [-0.4, -0.2) is 40.5 Å². The van der Waals surface area contributed by atoms with Crippen molar-refractivity contribution in [2.75, 3.05) is 19.0 Å². The van der Waals surface area contributed by atoms with E-state index in [1.165, 1.54) is 7.11 Å². The summed E-state index contributed by atoms with van der Waals surface area (Å²) < 4.78 is 11.2. The van der Waals surface area contributed by atoms with Crippen LogP contribution in [0.5, 0.6) is 0 Å². The van der Waals surface area contributed by atoms with E-state index < -0.39 is 5.97 Å². The van der Waals surface area contributed by atoms with Gasteiger partial charge < -0.3 is 24.7 Å². The summed E-state index contributed by atoms with van der Waals surface area (Å²) in [5, 5.41) is 6.84. The number of thiocarbonyl (C=S) groups is 1. The Morgan fingerprint density at radius 1 is 1.08 bits per heavy atom. The van der Waals surface area contributed by atoms with Crippen molar-refractivity contribution < 1.29 is 18.7 Å². The number of carbonyl (C=O) groups excluding carboxylic acids is 2. The lowest BCUT2D eigenvalue weighted by atomic mass is 10.0. The number of pyridine rings is 1. The summed E-state index contributed by atoms with van der Waals surface area (Å²) in [5.74, 6) is 0.738. The Morgan fingerprint density at radius 2 is 1.90 bits per heavy atom. The minimum Gasteiger partial charge on any atom is -0.465 e. The van der Waals surface area contributed by atoms with Gasteiger partial charge in [0.05, 0.1) is 24.4 Å². The van der Waals surface area contributed by atoms with Gasteiger partial charge in [0.15, 0.2) is 5.11 Å². The van der Waals surface area contributed by atoms with E-state index >= 15 is 0 Å². The second-order valence-corrected chi connectivity index (χ2v) is 9.65. The van der Waals surface area contributed by atoms with E-state index in [1.54, 1.807) is 24.4 Å². The van der Waals surface area contributed by atoms with Gasteiger partial charge in [-0.1, -0.05) is 35.9 Å². The molecule has 2 aromatic carbocycles. The maximum atomic E-state index is 12.8. The van der Waals surface area contributed by atoms with Crippen molar-refractivity contribution >= 4 is 34.9 Å². The molecule has 1 saturated heterocycles. The number of aryl methyl sites for hydroxylation is 1. The lowest BCUT2D eigenvalue weighted by Gasteiger charge is -2.25. The average Bonchev–Trinajstić information content (AvgIpc) is 3.58. The van der Waals surface area contributed by atoms with E-state index in [4.69, 9.17) is 21.4 Å². The predicted octanol–water partition coefficient (Wildman–Crippen LogP) is 5.44. The van der Waals surface area contributed by atoms with E-state index in [9.17, 15) is 9.59 Å². The van der Waals surface area contributed by atoms with Gasteiger partial charge in [-0.3, -0.25) is 9.78 Å². The lowest BCUT2D eigenvalue weighted by molar-refractivity contribution is -0.116. The van der Waals surface area contributed by atoms with E-state index in [0.717, 1.165) is 22.5 Å². The number of furan rings is 1. The summed E-state index contributed by atoms with van der Waals surface area (Å²) >= 11 is 5.71. The quantitative estimate of drug-likeness (QED) is 0.225. The third-order valence-corrected chi connectivity index (χ3v) is 6.95. The number of anilines is 1. The van der Waals surface area contributed by atoms with Gasteiger partial charge in [0, 0.05) is 30.4 Å².